The maximum atomic E-state index is 5.86. The molecule has 3 nitrogen and oxygen atoms in total. The molecule has 1 rings (SSSR count). The minimum atomic E-state index is 0.424. The van der Waals surface area contributed by atoms with Gasteiger partial charge in [-0.05, 0) is 13.8 Å². The van der Waals surface area contributed by atoms with E-state index in [0.717, 1.165) is 5.56 Å². The molecular formula is C10H11ClN2O. The lowest BCUT2D eigenvalue weighted by Crippen LogP contribution is -2.03. The SMILES string of the molecule is C#CCCOc1nc(C)nc(Cl)c1C. The van der Waals surface area contributed by atoms with Crippen LogP contribution in [-0.2, 0) is 0 Å². The Labute approximate surface area is 88.5 Å². The third kappa shape index (κ3) is 2.61. The molecule has 0 unspecified atom stereocenters. The van der Waals surface area contributed by atoms with Gasteiger partial charge in [-0.3, -0.25) is 0 Å². The Bertz CT molecular complexity index is 371. The van der Waals surface area contributed by atoms with Crippen molar-refractivity contribution in [3.05, 3.63) is 16.5 Å². The molecular weight excluding hydrogens is 200 g/mol. The van der Waals surface area contributed by atoms with Crippen LogP contribution in [-0.4, -0.2) is 16.6 Å². The van der Waals surface area contributed by atoms with Gasteiger partial charge in [0.05, 0.1) is 0 Å². The minimum absolute atomic E-state index is 0.424. The number of terminal acetylenes is 1. The average molecular weight is 211 g/mol. The second-order valence-corrected chi connectivity index (χ2v) is 3.15. The van der Waals surface area contributed by atoms with Gasteiger partial charge in [0.25, 0.3) is 0 Å². The van der Waals surface area contributed by atoms with Gasteiger partial charge < -0.3 is 4.74 Å². The fraction of sp³-hybridized carbons (Fsp3) is 0.400. The van der Waals surface area contributed by atoms with Crippen LogP contribution in [0.25, 0.3) is 0 Å². The van der Waals surface area contributed by atoms with Crippen molar-refractivity contribution in [1.29, 1.82) is 0 Å². The van der Waals surface area contributed by atoms with Crippen LogP contribution in [0.3, 0.4) is 0 Å². The van der Waals surface area contributed by atoms with Crippen molar-refractivity contribution >= 4 is 11.6 Å². The molecule has 4 heteroatoms. The Morgan fingerprint density at radius 3 is 2.79 bits per heavy atom. The van der Waals surface area contributed by atoms with Gasteiger partial charge in [-0.1, -0.05) is 11.6 Å². The summed E-state index contributed by atoms with van der Waals surface area (Å²) in [6, 6.07) is 0. The van der Waals surface area contributed by atoms with Crippen LogP contribution >= 0.6 is 11.6 Å². The molecule has 0 saturated carbocycles. The van der Waals surface area contributed by atoms with Crippen LogP contribution in [0, 0.1) is 26.2 Å². The topological polar surface area (TPSA) is 35.0 Å². The van der Waals surface area contributed by atoms with Gasteiger partial charge in [0.15, 0.2) is 0 Å². The Morgan fingerprint density at radius 1 is 1.43 bits per heavy atom. The summed E-state index contributed by atoms with van der Waals surface area (Å²) in [7, 11) is 0. The Morgan fingerprint density at radius 2 is 2.14 bits per heavy atom. The molecule has 0 aromatic carbocycles. The van der Waals surface area contributed by atoms with Crippen LogP contribution in [0.2, 0.25) is 5.15 Å². The molecule has 1 aromatic heterocycles. The summed E-state index contributed by atoms with van der Waals surface area (Å²) < 4.78 is 5.36. The zero-order valence-corrected chi connectivity index (χ0v) is 8.93. The zero-order chi connectivity index (χ0) is 10.6. The number of hydrogen-bond acceptors (Lipinski definition) is 3. The van der Waals surface area contributed by atoms with Crippen molar-refractivity contribution in [1.82, 2.24) is 9.97 Å². The standard InChI is InChI=1S/C10H11ClN2O/c1-4-5-6-14-10-7(2)9(11)12-8(3)13-10/h1H,5-6H2,2-3H3. The first-order valence-corrected chi connectivity index (χ1v) is 4.60. The second kappa shape index (κ2) is 4.83. The molecule has 0 amide bonds. The summed E-state index contributed by atoms with van der Waals surface area (Å²) in [6.45, 7) is 4.02. The van der Waals surface area contributed by atoms with Crippen LogP contribution in [0.5, 0.6) is 5.88 Å². The highest BCUT2D eigenvalue weighted by atomic mass is 35.5. The molecule has 1 heterocycles. The highest BCUT2D eigenvalue weighted by Crippen LogP contribution is 2.21. The van der Waals surface area contributed by atoms with E-state index in [1.807, 2.05) is 6.92 Å². The number of hydrogen-bond donors (Lipinski definition) is 0. The highest BCUT2D eigenvalue weighted by Gasteiger charge is 2.07. The predicted molar refractivity (Wildman–Crippen MR) is 55.5 cm³/mol. The molecule has 14 heavy (non-hydrogen) atoms. The molecule has 0 fully saturated rings. The van der Waals surface area contributed by atoms with Crippen molar-refractivity contribution in [3.8, 4) is 18.2 Å². The lowest BCUT2D eigenvalue weighted by atomic mass is 10.3. The van der Waals surface area contributed by atoms with Crippen molar-refractivity contribution in [2.45, 2.75) is 20.3 Å². The summed E-state index contributed by atoms with van der Waals surface area (Å²) >= 11 is 5.86. The van der Waals surface area contributed by atoms with Crippen LogP contribution < -0.4 is 4.74 Å². The van der Waals surface area contributed by atoms with Gasteiger partial charge >= 0.3 is 0 Å². The summed E-state index contributed by atoms with van der Waals surface area (Å²) in [5.74, 6) is 3.59. The molecule has 0 atom stereocenters. The molecule has 0 aliphatic carbocycles. The summed E-state index contributed by atoms with van der Waals surface area (Å²) in [5.41, 5.74) is 0.745. The maximum Gasteiger partial charge on any atom is 0.221 e. The largest absolute Gasteiger partial charge is 0.476 e. The Hall–Kier alpha value is -1.27. The predicted octanol–water partition coefficient (Wildman–Crippen LogP) is 2.15. The molecule has 0 radical (unpaired) electrons. The quantitative estimate of drug-likeness (QED) is 0.436. The summed E-state index contributed by atoms with van der Waals surface area (Å²) in [6.07, 6.45) is 5.66. The van der Waals surface area contributed by atoms with E-state index in [4.69, 9.17) is 22.8 Å². The second-order valence-electron chi connectivity index (χ2n) is 2.79. The van der Waals surface area contributed by atoms with Crippen molar-refractivity contribution in [3.63, 3.8) is 0 Å². The normalized spacial score (nSPS) is 9.57. The van der Waals surface area contributed by atoms with Gasteiger partial charge in [-0.2, -0.15) is 4.98 Å². The van der Waals surface area contributed by atoms with E-state index < -0.39 is 0 Å². The monoisotopic (exact) mass is 210 g/mol. The number of aromatic nitrogens is 2. The van der Waals surface area contributed by atoms with Crippen LogP contribution in [0.4, 0.5) is 0 Å². The van der Waals surface area contributed by atoms with E-state index in [2.05, 4.69) is 15.9 Å². The van der Waals surface area contributed by atoms with Crippen molar-refractivity contribution in [2.24, 2.45) is 0 Å². The number of halogens is 1. The first kappa shape index (κ1) is 10.8. The van der Waals surface area contributed by atoms with E-state index in [9.17, 15) is 0 Å². The third-order valence-corrected chi connectivity index (χ3v) is 2.01. The van der Waals surface area contributed by atoms with Crippen molar-refractivity contribution < 1.29 is 4.74 Å². The smallest absolute Gasteiger partial charge is 0.221 e. The van der Waals surface area contributed by atoms with E-state index in [1.165, 1.54) is 0 Å². The number of aryl methyl sites for hydroxylation is 1. The van der Waals surface area contributed by atoms with Crippen molar-refractivity contribution in [2.75, 3.05) is 6.61 Å². The molecule has 0 N–H and O–H groups in total. The van der Waals surface area contributed by atoms with E-state index in [1.54, 1.807) is 6.92 Å². The Kier molecular flexibility index (Phi) is 3.73. The Balaban J connectivity index is 2.81. The van der Waals surface area contributed by atoms with Gasteiger partial charge in [-0.15, -0.1) is 12.3 Å². The summed E-state index contributed by atoms with van der Waals surface area (Å²) in [4.78, 5) is 8.12. The average Bonchev–Trinajstić information content (AvgIpc) is 2.13. The maximum absolute atomic E-state index is 5.86. The van der Waals surface area contributed by atoms with E-state index >= 15 is 0 Å². The molecule has 74 valence electrons. The van der Waals surface area contributed by atoms with Crippen LogP contribution in [0.15, 0.2) is 0 Å². The number of nitrogens with zero attached hydrogens (tertiary/aromatic N) is 2. The molecule has 0 aliphatic rings. The number of ether oxygens (including phenoxy) is 1. The summed E-state index contributed by atoms with van der Waals surface area (Å²) in [5, 5.41) is 0.424. The molecule has 0 saturated heterocycles. The third-order valence-electron chi connectivity index (χ3n) is 1.64. The minimum Gasteiger partial charge on any atom is -0.476 e. The number of rotatable bonds is 3. The first-order valence-electron chi connectivity index (χ1n) is 4.22. The lowest BCUT2D eigenvalue weighted by Gasteiger charge is -2.07. The lowest BCUT2D eigenvalue weighted by molar-refractivity contribution is 0.310. The van der Waals surface area contributed by atoms with Gasteiger partial charge in [0.2, 0.25) is 5.88 Å². The fourth-order valence-corrected chi connectivity index (χ4v) is 1.12. The van der Waals surface area contributed by atoms with Crippen LogP contribution in [0.1, 0.15) is 17.8 Å². The molecule has 1 aromatic rings. The van der Waals surface area contributed by atoms with E-state index in [0.29, 0.717) is 29.9 Å². The fourth-order valence-electron chi connectivity index (χ4n) is 0.917. The van der Waals surface area contributed by atoms with Gasteiger partial charge in [0, 0.05) is 12.0 Å². The zero-order valence-electron chi connectivity index (χ0n) is 8.17. The van der Waals surface area contributed by atoms with Gasteiger partial charge in [0.1, 0.15) is 17.6 Å². The molecule has 0 bridgehead atoms. The highest BCUT2D eigenvalue weighted by molar-refractivity contribution is 6.30. The molecule has 0 spiro atoms. The first-order chi connectivity index (χ1) is 6.65. The van der Waals surface area contributed by atoms with E-state index in [-0.39, 0.29) is 0 Å². The van der Waals surface area contributed by atoms with Gasteiger partial charge in [-0.25, -0.2) is 4.98 Å². The molecule has 0 aliphatic heterocycles.